The van der Waals surface area contributed by atoms with Crippen LogP contribution >= 0.6 is 22.9 Å². The SMILES string of the molecule is CCN(C1=NCCO1)c1sc(-c2cccnc2)nc1Cl. The van der Waals surface area contributed by atoms with Crippen LogP contribution in [0, 0.1) is 0 Å². The lowest BCUT2D eigenvalue weighted by atomic mass is 10.3. The van der Waals surface area contributed by atoms with Crippen molar-refractivity contribution in [1.82, 2.24) is 9.97 Å². The Kier molecular flexibility index (Phi) is 3.84. The number of aliphatic imine (C=N–C) groups is 1. The topological polar surface area (TPSA) is 50.6 Å². The van der Waals surface area contributed by atoms with Crippen LogP contribution in [-0.4, -0.2) is 35.7 Å². The Bertz CT molecular complexity index is 629. The van der Waals surface area contributed by atoms with Crippen molar-refractivity contribution < 1.29 is 4.74 Å². The first-order valence-corrected chi connectivity index (χ1v) is 7.50. The summed E-state index contributed by atoms with van der Waals surface area (Å²) in [5.41, 5.74) is 0.955. The van der Waals surface area contributed by atoms with Crippen LogP contribution in [0.3, 0.4) is 0 Å². The van der Waals surface area contributed by atoms with E-state index >= 15 is 0 Å². The Labute approximate surface area is 125 Å². The highest BCUT2D eigenvalue weighted by Gasteiger charge is 2.23. The number of anilines is 1. The van der Waals surface area contributed by atoms with Crippen LogP contribution in [0.4, 0.5) is 5.00 Å². The normalized spacial score (nSPS) is 14.0. The molecule has 0 N–H and O–H groups in total. The fourth-order valence-corrected chi connectivity index (χ4v) is 3.28. The fraction of sp³-hybridized carbons (Fsp3) is 0.308. The molecule has 0 saturated carbocycles. The predicted octanol–water partition coefficient (Wildman–Crippen LogP) is 3.07. The van der Waals surface area contributed by atoms with E-state index in [1.807, 2.05) is 24.0 Å². The van der Waals surface area contributed by atoms with Crippen molar-refractivity contribution in [3.8, 4) is 10.6 Å². The molecule has 3 rings (SSSR count). The summed E-state index contributed by atoms with van der Waals surface area (Å²) in [5.74, 6) is 0. The van der Waals surface area contributed by atoms with Crippen LogP contribution in [0.5, 0.6) is 0 Å². The minimum atomic E-state index is 0.467. The molecule has 0 aromatic carbocycles. The summed E-state index contributed by atoms with van der Waals surface area (Å²) in [7, 11) is 0. The molecule has 5 nitrogen and oxygen atoms in total. The molecule has 0 aliphatic carbocycles. The maximum atomic E-state index is 6.27. The smallest absolute Gasteiger partial charge is 0.292 e. The summed E-state index contributed by atoms with van der Waals surface area (Å²) in [5, 5.41) is 2.16. The van der Waals surface area contributed by atoms with Crippen molar-refractivity contribution in [3.63, 3.8) is 0 Å². The van der Waals surface area contributed by atoms with E-state index in [9.17, 15) is 0 Å². The monoisotopic (exact) mass is 308 g/mol. The third-order valence-corrected chi connectivity index (χ3v) is 4.34. The number of rotatable bonds is 3. The predicted molar refractivity (Wildman–Crippen MR) is 81.6 cm³/mol. The van der Waals surface area contributed by atoms with Gasteiger partial charge in [0.2, 0.25) is 0 Å². The molecule has 0 amide bonds. The van der Waals surface area contributed by atoms with Gasteiger partial charge in [0.05, 0.1) is 6.54 Å². The van der Waals surface area contributed by atoms with E-state index in [0.717, 1.165) is 22.1 Å². The highest BCUT2D eigenvalue weighted by Crippen LogP contribution is 2.37. The lowest BCUT2D eigenvalue weighted by molar-refractivity contribution is 0.339. The maximum absolute atomic E-state index is 6.27. The zero-order chi connectivity index (χ0) is 13.9. The summed E-state index contributed by atoms with van der Waals surface area (Å²) in [6.07, 6.45) is 3.51. The molecule has 1 aliphatic rings. The second kappa shape index (κ2) is 5.76. The number of nitrogens with zero attached hydrogens (tertiary/aromatic N) is 4. The molecule has 0 atom stereocenters. The van der Waals surface area contributed by atoms with Gasteiger partial charge in [0.15, 0.2) is 5.15 Å². The van der Waals surface area contributed by atoms with Gasteiger partial charge in [0, 0.05) is 24.5 Å². The summed E-state index contributed by atoms with van der Waals surface area (Å²) in [6, 6.07) is 4.47. The largest absolute Gasteiger partial charge is 0.463 e. The van der Waals surface area contributed by atoms with E-state index in [2.05, 4.69) is 15.0 Å². The van der Waals surface area contributed by atoms with Gasteiger partial charge < -0.3 is 4.74 Å². The fourth-order valence-electron chi connectivity index (χ4n) is 1.93. The molecule has 2 aromatic rings. The molecule has 0 saturated heterocycles. The van der Waals surface area contributed by atoms with Crippen molar-refractivity contribution in [2.45, 2.75) is 6.92 Å². The van der Waals surface area contributed by atoms with Gasteiger partial charge in [-0.25, -0.2) is 9.98 Å². The maximum Gasteiger partial charge on any atom is 0.292 e. The molecular formula is C13H13ClN4OS. The van der Waals surface area contributed by atoms with E-state index in [0.29, 0.717) is 24.3 Å². The Morgan fingerprint density at radius 3 is 3.05 bits per heavy atom. The highest BCUT2D eigenvalue weighted by atomic mass is 35.5. The van der Waals surface area contributed by atoms with Gasteiger partial charge in [-0.05, 0) is 19.1 Å². The Hall–Kier alpha value is -1.66. The van der Waals surface area contributed by atoms with Gasteiger partial charge >= 0.3 is 0 Å². The third kappa shape index (κ3) is 2.48. The molecule has 104 valence electrons. The Morgan fingerprint density at radius 2 is 2.40 bits per heavy atom. The number of halogens is 1. The average molecular weight is 309 g/mol. The van der Waals surface area contributed by atoms with Gasteiger partial charge in [-0.3, -0.25) is 9.88 Å². The van der Waals surface area contributed by atoms with Crippen molar-refractivity contribution in [2.24, 2.45) is 4.99 Å². The van der Waals surface area contributed by atoms with E-state index in [-0.39, 0.29) is 0 Å². The molecule has 0 bridgehead atoms. The third-order valence-electron chi connectivity index (χ3n) is 2.84. The lowest BCUT2D eigenvalue weighted by Gasteiger charge is -2.19. The van der Waals surface area contributed by atoms with E-state index < -0.39 is 0 Å². The number of pyridine rings is 1. The van der Waals surface area contributed by atoms with Gasteiger partial charge in [0.1, 0.15) is 16.6 Å². The van der Waals surface area contributed by atoms with Crippen molar-refractivity contribution in [1.29, 1.82) is 0 Å². The number of aromatic nitrogens is 2. The van der Waals surface area contributed by atoms with E-state index in [1.165, 1.54) is 11.3 Å². The molecule has 0 fully saturated rings. The van der Waals surface area contributed by atoms with Crippen molar-refractivity contribution >= 4 is 34.0 Å². The summed E-state index contributed by atoms with van der Waals surface area (Å²) < 4.78 is 5.51. The molecule has 0 radical (unpaired) electrons. The summed E-state index contributed by atoms with van der Waals surface area (Å²) in [6.45, 7) is 4.08. The Morgan fingerprint density at radius 1 is 1.50 bits per heavy atom. The number of amidine groups is 1. The highest BCUT2D eigenvalue weighted by molar-refractivity contribution is 7.19. The summed E-state index contributed by atoms with van der Waals surface area (Å²) >= 11 is 7.79. The molecule has 20 heavy (non-hydrogen) atoms. The van der Waals surface area contributed by atoms with Gasteiger partial charge in [-0.15, -0.1) is 0 Å². The summed E-state index contributed by atoms with van der Waals surface area (Å²) in [4.78, 5) is 14.8. The lowest BCUT2D eigenvalue weighted by Crippen LogP contribution is -2.30. The standard InChI is InChI=1S/C13H13ClN4OS/c1-2-18(13-16-6-7-19-13)12-10(14)17-11(20-12)9-4-3-5-15-8-9/h3-5,8H,2,6-7H2,1H3. The second-order valence-electron chi connectivity index (χ2n) is 4.11. The zero-order valence-corrected chi connectivity index (χ0v) is 12.5. The van der Waals surface area contributed by atoms with Crippen LogP contribution in [0.2, 0.25) is 5.15 Å². The minimum Gasteiger partial charge on any atom is -0.463 e. The van der Waals surface area contributed by atoms with E-state index in [1.54, 1.807) is 12.4 Å². The van der Waals surface area contributed by atoms with Crippen LogP contribution in [-0.2, 0) is 4.74 Å². The molecular weight excluding hydrogens is 296 g/mol. The van der Waals surface area contributed by atoms with Gasteiger partial charge in [0.25, 0.3) is 6.02 Å². The quantitative estimate of drug-likeness (QED) is 0.874. The van der Waals surface area contributed by atoms with Crippen molar-refractivity contribution in [2.75, 3.05) is 24.6 Å². The van der Waals surface area contributed by atoms with Crippen LogP contribution in [0.15, 0.2) is 29.5 Å². The van der Waals surface area contributed by atoms with E-state index in [4.69, 9.17) is 16.3 Å². The zero-order valence-electron chi connectivity index (χ0n) is 10.9. The Balaban J connectivity index is 1.96. The minimum absolute atomic E-state index is 0.467. The van der Waals surface area contributed by atoms with Gasteiger partial charge in [-0.1, -0.05) is 22.9 Å². The van der Waals surface area contributed by atoms with Crippen molar-refractivity contribution in [3.05, 3.63) is 29.7 Å². The molecule has 3 heterocycles. The first kappa shape index (κ1) is 13.3. The average Bonchev–Trinajstić information content (AvgIpc) is 3.12. The van der Waals surface area contributed by atoms with Gasteiger partial charge in [-0.2, -0.15) is 0 Å². The molecule has 2 aromatic heterocycles. The first-order chi connectivity index (χ1) is 9.79. The molecule has 1 aliphatic heterocycles. The molecule has 7 heteroatoms. The second-order valence-corrected chi connectivity index (χ2v) is 5.45. The molecule has 0 spiro atoms. The van der Waals surface area contributed by atoms with Crippen LogP contribution in [0.1, 0.15) is 6.92 Å². The number of hydrogen-bond donors (Lipinski definition) is 0. The number of hydrogen-bond acceptors (Lipinski definition) is 6. The molecule has 0 unspecified atom stereocenters. The number of thiazole rings is 1. The number of ether oxygens (including phenoxy) is 1. The van der Waals surface area contributed by atoms with Crippen LogP contribution in [0.25, 0.3) is 10.6 Å². The van der Waals surface area contributed by atoms with Crippen LogP contribution < -0.4 is 4.90 Å². The first-order valence-electron chi connectivity index (χ1n) is 6.31.